The average Bonchev–Trinajstić information content (AvgIpc) is 2.89. The predicted octanol–water partition coefficient (Wildman–Crippen LogP) is -3.98. The standard InChI is InChI=1S/C23H39NO12S/c1-13(27)37-12-14-3-2-4-15(7-14)36-6-5-24(8-16(28)20(32)22(34)18(30)10-25)9-17(29)21(33)23(35)19(31)11-26/h2-4,7,16-23,25-26,28-35H,5-6,8-12H2,1H3/t16-,17-,18-,19-,20-,21-,22-,23-/m1/s1. The first-order valence-corrected chi connectivity index (χ1v) is 12.6. The number of rotatable bonds is 18. The molecule has 1 aromatic rings. The zero-order valence-corrected chi connectivity index (χ0v) is 21.3. The Balaban J connectivity index is 2.87. The van der Waals surface area contributed by atoms with Crippen molar-refractivity contribution >= 4 is 16.9 Å². The smallest absolute Gasteiger partial charge is 0.186 e. The molecule has 0 aromatic heterocycles. The fraction of sp³-hybridized carbons (Fsp3) is 0.696. The van der Waals surface area contributed by atoms with Crippen LogP contribution in [0.15, 0.2) is 24.3 Å². The van der Waals surface area contributed by atoms with E-state index in [1.807, 2.05) is 6.07 Å². The van der Waals surface area contributed by atoms with Crippen LogP contribution in [0.2, 0.25) is 0 Å². The van der Waals surface area contributed by atoms with Gasteiger partial charge in [0.1, 0.15) is 49.0 Å². The van der Waals surface area contributed by atoms with Crippen molar-refractivity contribution in [2.75, 3.05) is 39.5 Å². The van der Waals surface area contributed by atoms with Crippen molar-refractivity contribution in [1.82, 2.24) is 4.90 Å². The van der Waals surface area contributed by atoms with E-state index in [0.29, 0.717) is 11.5 Å². The number of nitrogens with zero attached hydrogens (tertiary/aromatic N) is 1. The molecule has 0 unspecified atom stereocenters. The van der Waals surface area contributed by atoms with E-state index in [2.05, 4.69) is 0 Å². The zero-order chi connectivity index (χ0) is 28.1. The second-order valence-corrected chi connectivity index (χ2v) is 9.78. The summed E-state index contributed by atoms with van der Waals surface area (Å²) in [6, 6.07) is 6.98. The van der Waals surface area contributed by atoms with E-state index in [-0.39, 0.29) is 18.3 Å². The van der Waals surface area contributed by atoms with Gasteiger partial charge in [0.15, 0.2) is 5.12 Å². The second kappa shape index (κ2) is 17.2. The molecular weight excluding hydrogens is 514 g/mol. The molecule has 0 aliphatic rings. The number of hydrogen-bond donors (Lipinski definition) is 10. The van der Waals surface area contributed by atoms with Crippen molar-refractivity contribution in [3.63, 3.8) is 0 Å². The highest BCUT2D eigenvalue weighted by Crippen LogP contribution is 2.19. The topological polar surface area (TPSA) is 232 Å². The lowest BCUT2D eigenvalue weighted by molar-refractivity contribution is -0.130. The minimum Gasteiger partial charge on any atom is -0.492 e. The first-order chi connectivity index (χ1) is 17.4. The lowest BCUT2D eigenvalue weighted by atomic mass is 10.0. The summed E-state index contributed by atoms with van der Waals surface area (Å²) in [5.41, 5.74) is 0.847. The molecule has 0 aliphatic heterocycles. The van der Waals surface area contributed by atoms with Crippen molar-refractivity contribution in [1.29, 1.82) is 0 Å². The lowest BCUT2D eigenvalue weighted by Crippen LogP contribution is -2.53. The minimum absolute atomic E-state index is 0.00142. The van der Waals surface area contributed by atoms with Gasteiger partial charge in [-0.3, -0.25) is 9.69 Å². The Kier molecular flexibility index (Phi) is 15.7. The molecule has 214 valence electrons. The highest BCUT2D eigenvalue weighted by molar-refractivity contribution is 8.12. The molecule has 0 fully saturated rings. The Hall–Kier alpha value is -1.40. The van der Waals surface area contributed by atoms with Crippen LogP contribution in [-0.2, 0) is 10.5 Å². The van der Waals surface area contributed by atoms with Crippen molar-refractivity contribution in [2.24, 2.45) is 0 Å². The molecule has 0 radical (unpaired) electrons. The van der Waals surface area contributed by atoms with Crippen molar-refractivity contribution in [3.8, 4) is 5.75 Å². The summed E-state index contributed by atoms with van der Waals surface area (Å²) in [7, 11) is 0. The molecular formula is C23H39NO12S. The van der Waals surface area contributed by atoms with E-state index in [9.17, 15) is 45.6 Å². The van der Waals surface area contributed by atoms with Gasteiger partial charge in [0.05, 0.1) is 25.4 Å². The predicted molar refractivity (Wildman–Crippen MR) is 133 cm³/mol. The molecule has 8 atom stereocenters. The fourth-order valence-electron chi connectivity index (χ4n) is 3.33. The summed E-state index contributed by atoms with van der Waals surface area (Å²) in [4.78, 5) is 12.5. The van der Waals surface area contributed by atoms with Crippen LogP contribution in [0.3, 0.4) is 0 Å². The molecule has 0 spiro atoms. The van der Waals surface area contributed by atoms with Crippen LogP contribution in [0, 0.1) is 0 Å². The zero-order valence-electron chi connectivity index (χ0n) is 20.5. The van der Waals surface area contributed by atoms with Gasteiger partial charge in [-0.15, -0.1) is 0 Å². The van der Waals surface area contributed by atoms with E-state index >= 15 is 0 Å². The van der Waals surface area contributed by atoms with E-state index < -0.39 is 75.1 Å². The Bertz CT molecular complexity index is 760. The summed E-state index contributed by atoms with van der Waals surface area (Å²) in [5, 5.41) is 97.6. The van der Waals surface area contributed by atoms with Gasteiger partial charge >= 0.3 is 0 Å². The van der Waals surface area contributed by atoms with Crippen molar-refractivity contribution in [2.45, 2.75) is 61.5 Å². The van der Waals surface area contributed by atoms with Gasteiger partial charge in [0.25, 0.3) is 0 Å². The van der Waals surface area contributed by atoms with Gasteiger partial charge in [0.2, 0.25) is 0 Å². The summed E-state index contributed by atoms with van der Waals surface area (Å²) in [6.07, 6.45) is -14.2. The maximum atomic E-state index is 11.2. The molecule has 1 rings (SSSR count). The molecule has 0 heterocycles. The van der Waals surface area contributed by atoms with Crippen LogP contribution in [0.1, 0.15) is 12.5 Å². The molecule has 10 N–H and O–H groups in total. The number of carbonyl (C=O) groups excluding carboxylic acids is 1. The van der Waals surface area contributed by atoms with E-state index in [1.54, 1.807) is 18.2 Å². The summed E-state index contributed by atoms with van der Waals surface area (Å²) in [6.45, 7) is -1.03. The Morgan fingerprint density at radius 1 is 0.838 bits per heavy atom. The molecule has 1 aromatic carbocycles. The van der Waals surface area contributed by atoms with Crippen LogP contribution < -0.4 is 4.74 Å². The summed E-state index contributed by atoms with van der Waals surface area (Å²) >= 11 is 1.14. The number of hydrogen-bond acceptors (Lipinski definition) is 14. The highest BCUT2D eigenvalue weighted by Gasteiger charge is 2.34. The third kappa shape index (κ3) is 11.9. The second-order valence-electron chi connectivity index (χ2n) is 8.63. The minimum atomic E-state index is -1.87. The molecule has 14 heteroatoms. The van der Waals surface area contributed by atoms with Gasteiger partial charge in [-0.05, 0) is 17.7 Å². The Labute approximate surface area is 219 Å². The molecule has 37 heavy (non-hydrogen) atoms. The number of aliphatic hydroxyl groups excluding tert-OH is 10. The van der Waals surface area contributed by atoms with Crippen molar-refractivity contribution < 1.29 is 60.6 Å². The fourth-order valence-corrected chi connectivity index (χ4v) is 3.88. The number of thioether (sulfide) groups is 1. The Morgan fingerprint density at radius 2 is 1.32 bits per heavy atom. The molecule has 0 bridgehead atoms. The van der Waals surface area contributed by atoms with Gasteiger partial charge in [-0.1, -0.05) is 23.9 Å². The number of carbonyl (C=O) groups is 1. The number of aliphatic hydroxyl groups is 10. The van der Waals surface area contributed by atoms with Gasteiger partial charge in [0, 0.05) is 32.3 Å². The monoisotopic (exact) mass is 553 g/mol. The first kappa shape index (κ1) is 33.6. The first-order valence-electron chi connectivity index (χ1n) is 11.6. The van der Waals surface area contributed by atoms with Crippen LogP contribution in [-0.4, -0.2) is 149 Å². The number of ether oxygens (including phenoxy) is 1. The lowest BCUT2D eigenvalue weighted by Gasteiger charge is -2.33. The normalized spacial score (nSPS) is 18.5. The third-order valence-electron chi connectivity index (χ3n) is 5.56. The van der Waals surface area contributed by atoms with E-state index in [0.717, 1.165) is 17.3 Å². The molecule has 0 amide bonds. The van der Waals surface area contributed by atoms with Gasteiger partial charge < -0.3 is 55.8 Å². The molecule has 0 aliphatic carbocycles. The third-order valence-corrected chi connectivity index (χ3v) is 6.44. The number of benzene rings is 1. The van der Waals surface area contributed by atoms with E-state index in [1.165, 1.54) is 11.8 Å². The van der Waals surface area contributed by atoms with Gasteiger partial charge in [-0.2, -0.15) is 0 Å². The SMILES string of the molecule is CC(=O)SCc1cccc(OCCN(C[C@@H](O)[C@@H](O)[C@H](O)[C@H](O)CO)C[C@@H](O)[C@@H](O)[C@H](O)[C@H](O)CO)c1. The largest absolute Gasteiger partial charge is 0.492 e. The van der Waals surface area contributed by atoms with Crippen molar-refractivity contribution in [3.05, 3.63) is 29.8 Å². The average molecular weight is 554 g/mol. The maximum Gasteiger partial charge on any atom is 0.186 e. The van der Waals surface area contributed by atoms with Crippen LogP contribution in [0.25, 0.3) is 0 Å². The van der Waals surface area contributed by atoms with Gasteiger partial charge in [-0.25, -0.2) is 0 Å². The van der Waals surface area contributed by atoms with Crippen LogP contribution in [0.5, 0.6) is 5.75 Å². The Morgan fingerprint density at radius 3 is 1.78 bits per heavy atom. The quantitative estimate of drug-likeness (QED) is 0.0835. The molecule has 13 nitrogen and oxygen atoms in total. The summed E-state index contributed by atoms with van der Waals surface area (Å²) in [5.74, 6) is 0.933. The van der Waals surface area contributed by atoms with E-state index in [4.69, 9.17) is 14.9 Å². The maximum absolute atomic E-state index is 11.2. The highest BCUT2D eigenvalue weighted by atomic mass is 32.2. The summed E-state index contributed by atoms with van der Waals surface area (Å²) < 4.78 is 5.71. The molecule has 0 saturated carbocycles. The van der Waals surface area contributed by atoms with Crippen LogP contribution >= 0.6 is 11.8 Å². The van der Waals surface area contributed by atoms with Crippen LogP contribution in [0.4, 0.5) is 0 Å². The molecule has 0 saturated heterocycles.